The van der Waals surface area contributed by atoms with Crippen LogP contribution < -0.4 is 0 Å². The number of hydrogen-bond donors (Lipinski definition) is 0. The fraction of sp³-hybridized carbons (Fsp3) is 0.314. The average Bonchev–Trinajstić information content (AvgIpc) is 3.55. The molecule has 0 aliphatic heterocycles. The van der Waals surface area contributed by atoms with Gasteiger partial charge >= 0.3 is 0 Å². The van der Waals surface area contributed by atoms with Crippen molar-refractivity contribution in [2.75, 3.05) is 0 Å². The van der Waals surface area contributed by atoms with Crippen molar-refractivity contribution in [2.45, 2.75) is 58.8 Å². The van der Waals surface area contributed by atoms with Gasteiger partial charge in [0, 0.05) is 66.3 Å². The molecule has 6 rings (SSSR count). The highest BCUT2D eigenvalue weighted by Gasteiger charge is 2.30. The van der Waals surface area contributed by atoms with Gasteiger partial charge in [0.25, 0.3) is 0 Å². The van der Waals surface area contributed by atoms with E-state index in [0.29, 0.717) is 12.0 Å². The van der Waals surface area contributed by atoms with Crippen molar-refractivity contribution in [3.63, 3.8) is 0 Å². The van der Waals surface area contributed by atoms with E-state index in [4.69, 9.17) is 9.97 Å². The van der Waals surface area contributed by atoms with Crippen LogP contribution in [0, 0.1) is 12.7 Å². The van der Waals surface area contributed by atoms with E-state index in [9.17, 15) is 0 Å². The molecule has 0 radical (unpaired) electrons. The standard InChI is InChI=1S/C35H37FN6/c1-21-24(11-23-13-31(26-16-40-42(8)20-26)38-18-28(23)32(21)34(2,3)4)14-35(5,6)33-27-17-37-30(25-15-39-41(7)19-25)12-22(27)9-10-29(33)36/h9-13,15-20H,14H2,1-8H3. The lowest BCUT2D eigenvalue weighted by Gasteiger charge is -2.31. The SMILES string of the molecule is Cc1c(CC(C)(C)c2c(F)ccc3cc(-c4cnn(C)c4)ncc23)cc2cc(-c3cnn(C)c3)ncc2c1C(C)(C)C. The highest BCUT2D eigenvalue weighted by atomic mass is 19.1. The number of fused-ring (bicyclic) bond motifs is 2. The van der Waals surface area contributed by atoms with Gasteiger partial charge < -0.3 is 0 Å². The smallest absolute Gasteiger partial charge is 0.127 e. The van der Waals surface area contributed by atoms with E-state index >= 15 is 4.39 Å². The summed E-state index contributed by atoms with van der Waals surface area (Å²) in [4.78, 5) is 9.54. The maximum Gasteiger partial charge on any atom is 0.127 e. The zero-order valence-corrected chi connectivity index (χ0v) is 25.6. The maximum absolute atomic E-state index is 15.8. The Bertz CT molecular complexity index is 1970. The van der Waals surface area contributed by atoms with Crippen LogP contribution in [0.2, 0.25) is 0 Å². The molecule has 0 spiro atoms. The van der Waals surface area contributed by atoms with Crippen molar-refractivity contribution in [3.05, 3.63) is 95.6 Å². The number of halogens is 1. The van der Waals surface area contributed by atoms with Crippen molar-refractivity contribution in [1.82, 2.24) is 29.5 Å². The van der Waals surface area contributed by atoms with Gasteiger partial charge in [0.1, 0.15) is 5.82 Å². The minimum atomic E-state index is -0.506. The summed E-state index contributed by atoms with van der Waals surface area (Å²) in [5, 5.41) is 12.7. The largest absolute Gasteiger partial charge is 0.275 e. The third kappa shape index (κ3) is 4.87. The van der Waals surface area contributed by atoms with Gasteiger partial charge in [0.2, 0.25) is 0 Å². The molecule has 0 atom stereocenters. The first-order valence-corrected chi connectivity index (χ1v) is 14.3. The Morgan fingerprint density at radius 1 is 0.714 bits per heavy atom. The fourth-order valence-electron chi connectivity index (χ4n) is 6.48. The minimum absolute atomic E-state index is 0.0999. The third-order valence-corrected chi connectivity index (χ3v) is 8.31. The predicted octanol–water partition coefficient (Wildman–Crippen LogP) is 7.85. The molecule has 0 amide bonds. The second kappa shape index (κ2) is 9.86. The Kier molecular flexibility index (Phi) is 6.52. The van der Waals surface area contributed by atoms with Gasteiger partial charge in [0.05, 0.1) is 23.8 Å². The van der Waals surface area contributed by atoms with E-state index < -0.39 is 5.41 Å². The van der Waals surface area contributed by atoms with Crippen LogP contribution in [-0.2, 0) is 31.3 Å². The first-order chi connectivity index (χ1) is 19.8. The monoisotopic (exact) mass is 560 g/mol. The van der Waals surface area contributed by atoms with Gasteiger partial charge in [-0.1, -0.05) is 46.8 Å². The van der Waals surface area contributed by atoms with Gasteiger partial charge in [0.15, 0.2) is 0 Å². The van der Waals surface area contributed by atoms with E-state index in [-0.39, 0.29) is 11.2 Å². The van der Waals surface area contributed by atoms with Crippen molar-refractivity contribution in [3.8, 4) is 22.5 Å². The molecule has 0 aliphatic carbocycles. The molecule has 0 fully saturated rings. The molecule has 4 heterocycles. The molecule has 0 N–H and O–H groups in total. The predicted molar refractivity (Wildman–Crippen MR) is 168 cm³/mol. The van der Waals surface area contributed by atoms with E-state index in [1.807, 2.05) is 57.2 Å². The molecule has 214 valence electrons. The van der Waals surface area contributed by atoms with Gasteiger partial charge in [-0.2, -0.15) is 10.2 Å². The quantitative estimate of drug-likeness (QED) is 0.215. The average molecular weight is 561 g/mol. The molecule has 4 aromatic heterocycles. The third-order valence-electron chi connectivity index (χ3n) is 8.31. The minimum Gasteiger partial charge on any atom is -0.275 e. The molecule has 42 heavy (non-hydrogen) atoms. The van der Waals surface area contributed by atoms with E-state index in [1.165, 1.54) is 16.7 Å². The summed E-state index contributed by atoms with van der Waals surface area (Å²) in [6.45, 7) is 13.2. The van der Waals surface area contributed by atoms with Crippen LogP contribution in [0.15, 0.2) is 67.5 Å². The van der Waals surface area contributed by atoms with E-state index in [2.05, 4.69) is 63.9 Å². The number of nitrogens with zero attached hydrogens (tertiary/aromatic N) is 6. The molecule has 6 nitrogen and oxygen atoms in total. The molecule has 6 aromatic rings. The van der Waals surface area contributed by atoms with Gasteiger partial charge in [-0.3, -0.25) is 19.3 Å². The van der Waals surface area contributed by atoms with Crippen LogP contribution in [0.4, 0.5) is 4.39 Å². The first-order valence-electron chi connectivity index (χ1n) is 14.3. The number of pyridine rings is 2. The number of benzene rings is 2. The van der Waals surface area contributed by atoms with Crippen molar-refractivity contribution >= 4 is 21.5 Å². The van der Waals surface area contributed by atoms with Crippen LogP contribution >= 0.6 is 0 Å². The summed E-state index contributed by atoms with van der Waals surface area (Å²) in [5.74, 6) is -0.207. The second-order valence-electron chi connectivity index (χ2n) is 13.2. The highest BCUT2D eigenvalue weighted by molar-refractivity contribution is 5.91. The lowest BCUT2D eigenvalue weighted by atomic mass is 9.73. The summed E-state index contributed by atoms with van der Waals surface area (Å²) in [6.07, 6.45) is 12.0. The molecule has 0 unspecified atom stereocenters. The van der Waals surface area contributed by atoms with Gasteiger partial charge in [-0.15, -0.1) is 0 Å². The first kappa shape index (κ1) is 27.8. The van der Waals surface area contributed by atoms with Crippen LogP contribution in [0.5, 0.6) is 0 Å². The maximum atomic E-state index is 15.8. The molecular weight excluding hydrogens is 523 g/mol. The summed E-state index contributed by atoms with van der Waals surface area (Å²) >= 11 is 0. The molecule has 0 saturated carbocycles. The zero-order valence-electron chi connectivity index (χ0n) is 25.6. The van der Waals surface area contributed by atoms with E-state index in [1.54, 1.807) is 21.6 Å². The Labute approximate surface area is 246 Å². The summed E-state index contributed by atoms with van der Waals surface area (Å²) in [7, 11) is 3.80. The Hall–Kier alpha value is -4.39. The molecular formula is C35H37FN6. The Morgan fingerprint density at radius 2 is 1.26 bits per heavy atom. The van der Waals surface area contributed by atoms with Crippen molar-refractivity contribution in [1.29, 1.82) is 0 Å². The molecule has 2 aromatic carbocycles. The normalized spacial score (nSPS) is 12.5. The molecule has 0 aliphatic rings. The summed E-state index contributed by atoms with van der Waals surface area (Å²) in [6, 6.07) is 9.88. The lowest BCUT2D eigenvalue weighted by Crippen LogP contribution is -2.24. The number of rotatable bonds is 5. The van der Waals surface area contributed by atoms with Crippen molar-refractivity contribution < 1.29 is 4.39 Å². The molecule has 7 heteroatoms. The van der Waals surface area contributed by atoms with Gasteiger partial charge in [-0.25, -0.2) is 4.39 Å². The van der Waals surface area contributed by atoms with Crippen LogP contribution in [0.3, 0.4) is 0 Å². The molecule has 0 bridgehead atoms. The van der Waals surface area contributed by atoms with Gasteiger partial charge in [-0.05, 0) is 69.8 Å². The summed E-state index contributed by atoms with van der Waals surface area (Å²) in [5.41, 5.74) is 7.43. The number of aromatic nitrogens is 6. The molecule has 0 saturated heterocycles. The lowest BCUT2D eigenvalue weighted by molar-refractivity contribution is 0.484. The summed E-state index contributed by atoms with van der Waals surface area (Å²) < 4.78 is 19.3. The second-order valence-corrected chi connectivity index (χ2v) is 13.2. The highest BCUT2D eigenvalue weighted by Crippen LogP contribution is 2.41. The Balaban J connectivity index is 1.48. The van der Waals surface area contributed by atoms with Crippen molar-refractivity contribution in [2.24, 2.45) is 14.1 Å². The number of aryl methyl sites for hydroxylation is 2. The van der Waals surface area contributed by atoms with Crippen LogP contribution in [0.25, 0.3) is 44.1 Å². The van der Waals surface area contributed by atoms with Crippen LogP contribution in [-0.4, -0.2) is 29.5 Å². The van der Waals surface area contributed by atoms with Crippen LogP contribution in [0.1, 0.15) is 56.9 Å². The van der Waals surface area contributed by atoms with E-state index in [0.717, 1.165) is 44.1 Å². The Morgan fingerprint density at radius 3 is 1.79 bits per heavy atom. The zero-order chi connectivity index (χ0) is 30.0. The fourth-order valence-corrected chi connectivity index (χ4v) is 6.48. The topological polar surface area (TPSA) is 61.4 Å². The number of hydrogen-bond acceptors (Lipinski definition) is 4.